The minimum absolute atomic E-state index is 0.00311. The minimum Gasteiger partial charge on any atom is -0.379 e. The summed E-state index contributed by atoms with van der Waals surface area (Å²) in [6.45, 7) is 5.72. The van der Waals surface area contributed by atoms with E-state index in [1.807, 2.05) is 29.2 Å². The van der Waals surface area contributed by atoms with E-state index in [9.17, 15) is 4.39 Å². The van der Waals surface area contributed by atoms with E-state index >= 15 is 0 Å². The molecule has 2 saturated heterocycles. The second-order valence-corrected chi connectivity index (χ2v) is 9.96. The number of likely N-dealkylation sites (tertiary alicyclic amines) is 1. The molecule has 1 aromatic carbocycles. The molecule has 2 fully saturated rings. The molecule has 9 nitrogen and oxygen atoms in total. The molecule has 208 valence electrons. The first kappa shape index (κ1) is 27.5. The molecule has 2 aliphatic heterocycles. The molecular weight excluding hydrogens is 507 g/mol. The highest BCUT2D eigenvalue weighted by molar-refractivity contribution is 5.94. The fourth-order valence-corrected chi connectivity index (χ4v) is 5.12. The summed E-state index contributed by atoms with van der Waals surface area (Å²) < 4.78 is 19.1. The van der Waals surface area contributed by atoms with E-state index in [1.54, 1.807) is 36.7 Å². The molecule has 0 amide bonds. The number of ether oxygens (including phenoxy) is 1. The average molecular weight is 543 g/mol. The predicted molar refractivity (Wildman–Crippen MR) is 156 cm³/mol. The van der Waals surface area contributed by atoms with Gasteiger partial charge in [-0.3, -0.25) is 20.3 Å². The topological polar surface area (TPSA) is 117 Å². The average Bonchev–Trinajstić information content (AvgIpc) is 3.67. The molecule has 4 heterocycles. The molecular formula is C30H35FN8O. The number of aromatic amines is 1. The number of nitrogens with one attached hydrogen (secondary N) is 3. The van der Waals surface area contributed by atoms with Crippen LogP contribution in [0.25, 0.3) is 17.5 Å². The van der Waals surface area contributed by atoms with Crippen molar-refractivity contribution in [2.45, 2.75) is 24.8 Å². The van der Waals surface area contributed by atoms with Crippen molar-refractivity contribution in [2.24, 2.45) is 4.99 Å². The van der Waals surface area contributed by atoms with Gasteiger partial charge < -0.3 is 20.0 Å². The van der Waals surface area contributed by atoms with Gasteiger partial charge in [0.2, 0.25) is 0 Å². The normalized spacial score (nSPS) is 19.0. The number of aromatic nitrogens is 3. The van der Waals surface area contributed by atoms with Gasteiger partial charge in [0, 0.05) is 38.6 Å². The first-order valence-electron chi connectivity index (χ1n) is 13.7. The van der Waals surface area contributed by atoms with Crippen LogP contribution in [0.3, 0.4) is 0 Å². The zero-order valence-electron chi connectivity index (χ0n) is 22.5. The van der Waals surface area contributed by atoms with Crippen molar-refractivity contribution >= 4 is 24.3 Å². The van der Waals surface area contributed by atoms with Gasteiger partial charge in [-0.15, -0.1) is 0 Å². The van der Waals surface area contributed by atoms with Crippen molar-refractivity contribution in [1.29, 1.82) is 10.8 Å². The molecule has 0 aliphatic carbocycles. The second-order valence-electron chi connectivity index (χ2n) is 9.96. The summed E-state index contributed by atoms with van der Waals surface area (Å²) in [6, 6.07) is 12.4. The largest absolute Gasteiger partial charge is 0.379 e. The summed E-state index contributed by atoms with van der Waals surface area (Å²) in [5, 5.41) is 16.5. The zero-order chi connectivity index (χ0) is 27.7. The molecule has 1 unspecified atom stereocenters. The number of imidazole rings is 1. The number of halogens is 1. The molecule has 40 heavy (non-hydrogen) atoms. The molecule has 0 spiro atoms. The van der Waals surface area contributed by atoms with Crippen LogP contribution in [0.4, 0.5) is 4.39 Å². The molecule has 3 aromatic rings. The Labute approximate surface area is 233 Å². The standard InChI is InChI=1S/C30H35FN8O/c31-24-5-1-4-22(18-24)28-8-3-12-39(28)29(33)9-10-30-35-21-27(37-30)26-7-2-6-25(36-26)23(19-32)20-34-11-13-38-14-16-40-17-15-38/h1-2,4-7,9-10,18-21,23,28,32-33H,3,8,11-17H2,(H,35,37)/b10-9-,32-19?,33-29?,34-20?/t23?,28-/m1/s1. The van der Waals surface area contributed by atoms with E-state index in [4.69, 9.17) is 20.5 Å². The van der Waals surface area contributed by atoms with Gasteiger partial charge in [-0.1, -0.05) is 18.2 Å². The van der Waals surface area contributed by atoms with E-state index in [-0.39, 0.29) is 17.8 Å². The van der Waals surface area contributed by atoms with Crippen LogP contribution in [0.5, 0.6) is 0 Å². The van der Waals surface area contributed by atoms with Crippen LogP contribution in [0, 0.1) is 16.6 Å². The van der Waals surface area contributed by atoms with Crippen LogP contribution in [0.1, 0.15) is 41.9 Å². The van der Waals surface area contributed by atoms with E-state index in [0.29, 0.717) is 18.2 Å². The smallest absolute Gasteiger partial charge is 0.130 e. The number of amidine groups is 1. The number of aliphatic imine (C=N–C) groups is 1. The number of hydrogen-bond donors (Lipinski definition) is 3. The fourth-order valence-electron chi connectivity index (χ4n) is 5.12. The lowest BCUT2D eigenvalue weighted by molar-refractivity contribution is 0.0394. The number of rotatable bonds is 10. The highest BCUT2D eigenvalue weighted by Gasteiger charge is 2.27. The van der Waals surface area contributed by atoms with Crippen LogP contribution in [0.15, 0.2) is 59.7 Å². The van der Waals surface area contributed by atoms with Gasteiger partial charge in [0.15, 0.2) is 0 Å². The van der Waals surface area contributed by atoms with Crippen LogP contribution in [-0.2, 0) is 4.74 Å². The van der Waals surface area contributed by atoms with E-state index in [0.717, 1.165) is 74.9 Å². The highest BCUT2D eigenvalue weighted by Crippen LogP contribution is 2.32. The maximum Gasteiger partial charge on any atom is 0.130 e. The third-order valence-electron chi connectivity index (χ3n) is 7.27. The molecule has 2 atom stereocenters. The lowest BCUT2D eigenvalue weighted by Crippen LogP contribution is -2.37. The quantitative estimate of drug-likeness (QED) is 0.256. The highest BCUT2D eigenvalue weighted by atomic mass is 19.1. The third-order valence-corrected chi connectivity index (χ3v) is 7.27. The summed E-state index contributed by atoms with van der Waals surface area (Å²) >= 11 is 0. The van der Waals surface area contributed by atoms with Gasteiger partial charge in [0.25, 0.3) is 0 Å². The van der Waals surface area contributed by atoms with Gasteiger partial charge in [0.05, 0.1) is 55.0 Å². The molecule has 2 aliphatic rings. The maximum atomic E-state index is 13.8. The zero-order valence-corrected chi connectivity index (χ0v) is 22.5. The van der Waals surface area contributed by atoms with Crippen LogP contribution in [0.2, 0.25) is 0 Å². The second kappa shape index (κ2) is 13.4. The van der Waals surface area contributed by atoms with Crippen molar-refractivity contribution in [3.8, 4) is 11.4 Å². The number of H-pyrrole nitrogens is 1. The number of nitrogens with zero attached hydrogens (tertiary/aromatic N) is 5. The monoisotopic (exact) mass is 542 g/mol. The van der Waals surface area contributed by atoms with Crippen molar-refractivity contribution in [3.05, 3.63) is 77.6 Å². The first-order chi connectivity index (χ1) is 19.6. The van der Waals surface area contributed by atoms with E-state index < -0.39 is 0 Å². The predicted octanol–water partition coefficient (Wildman–Crippen LogP) is 4.57. The van der Waals surface area contributed by atoms with Crippen LogP contribution < -0.4 is 0 Å². The number of pyridine rings is 1. The lowest BCUT2D eigenvalue weighted by atomic mass is 10.0. The molecule has 3 N–H and O–H groups in total. The Morgan fingerprint density at radius 1 is 1.20 bits per heavy atom. The van der Waals surface area contributed by atoms with Crippen molar-refractivity contribution in [3.63, 3.8) is 0 Å². The minimum atomic E-state index is -0.307. The summed E-state index contributed by atoms with van der Waals surface area (Å²) in [6.07, 6.45) is 10.2. The summed E-state index contributed by atoms with van der Waals surface area (Å²) in [5.74, 6) is 0.419. The molecule has 0 saturated carbocycles. The van der Waals surface area contributed by atoms with Gasteiger partial charge in [-0.25, -0.2) is 9.37 Å². The Balaban J connectivity index is 1.21. The summed E-state index contributed by atoms with van der Waals surface area (Å²) in [4.78, 5) is 21.4. The SMILES string of the molecule is N=CC(C=NCCN1CCOCC1)c1cccc(-c2cnc(/C=C\C(=N)N3CCC[C@@H]3c3cccc(F)c3)[nH]2)n1. The Kier molecular flexibility index (Phi) is 9.20. The molecule has 0 radical (unpaired) electrons. The van der Waals surface area contributed by atoms with Gasteiger partial charge in [-0.05, 0) is 54.8 Å². The third kappa shape index (κ3) is 6.94. The Morgan fingerprint density at radius 3 is 2.88 bits per heavy atom. The Hall–Kier alpha value is -4.02. The van der Waals surface area contributed by atoms with E-state index in [2.05, 4.69) is 19.9 Å². The van der Waals surface area contributed by atoms with Crippen LogP contribution in [-0.4, -0.2) is 89.0 Å². The molecule has 2 aromatic heterocycles. The Morgan fingerprint density at radius 2 is 2.05 bits per heavy atom. The number of benzene rings is 1. The van der Waals surface area contributed by atoms with Crippen molar-refractivity contribution in [2.75, 3.05) is 45.9 Å². The van der Waals surface area contributed by atoms with Gasteiger partial charge in [-0.2, -0.15) is 0 Å². The molecule has 10 heteroatoms. The van der Waals surface area contributed by atoms with Gasteiger partial charge in [0.1, 0.15) is 17.5 Å². The summed E-state index contributed by atoms with van der Waals surface area (Å²) in [5.41, 5.74) is 3.11. The summed E-state index contributed by atoms with van der Waals surface area (Å²) in [7, 11) is 0. The first-order valence-corrected chi connectivity index (χ1v) is 13.7. The fraction of sp³-hybridized carbons (Fsp3) is 0.367. The van der Waals surface area contributed by atoms with Crippen LogP contribution >= 0.6 is 0 Å². The number of hydrogen-bond acceptors (Lipinski definition) is 7. The van der Waals surface area contributed by atoms with E-state index in [1.165, 1.54) is 12.3 Å². The maximum absolute atomic E-state index is 13.8. The lowest BCUT2D eigenvalue weighted by Gasteiger charge is -2.26. The van der Waals surface area contributed by atoms with Crippen molar-refractivity contribution < 1.29 is 9.13 Å². The molecule has 0 bridgehead atoms. The Bertz CT molecular complexity index is 1360. The molecule has 5 rings (SSSR count). The number of morpholine rings is 1. The van der Waals surface area contributed by atoms with Gasteiger partial charge >= 0.3 is 0 Å². The van der Waals surface area contributed by atoms with Crippen molar-refractivity contribution in [1.82, 2.24) is 24.8 Å².